The van der Waals surface area contributed by atoms with Crippen LogP contribution in [0.5, 0.6) is 5.75 Å². The highest BCUT2D eigenvalue weighted by molar-refractivity contribution is 5.94. The number of alkyl halides is 3. The van der Waals surface area contributed by atoms with Gasteiger partial charge in [-0.2, -0.15) is 13.2 Å². The van der Waals surface area contributed by atoms with Gasteiger partial charge in [0.2, 0.25) is 0 Å². The van der Waals surface area contributed by atoms with Crippen molar-refractivity contribution in [1.29, 1.82) is 0 Å². The molecule has 7 heteroatoms. The molecule has 0 heterocycles. The first-order valence-corrected chi connectivity index (χ1v) is 9.21. The van der Waals surface area contributed by atoms with Crippen LogP contribution >= 0.6 is 0 Å². The molecule has 1 amide bonds. The van der Waals surface area contributed by atoms with Gasteiger partial charge >= 0.3 is 6.18 Å². The molecule has 0 saturated heterocycles. The summed E-state index contributed by atoms with van der Waals surface area (Å²) in [5.41, 5.74) is 2.27. The Kier molecular flexibility index (Phi) is 6.24. The van der Waals surface area contributed by atoms with Crippen LogP contribution in [0.1, 0.15) is 39.9 Å². The lowest BCUT2D eigenvalue weighted by Gasteiger charge is -2.17. The fourth-order valence-corrected chi connectivity index (χ4v) is 3.18. The predicted octanol–water partition coefficient (Wildman–Crippen LogP) is 3.75. The predicted molar refractivity (Wildman–Crippen MR) is 98.4 cm³/mol. The Bertz CT molecular complexity index is 819. The summed E-state index contributed by atoms with van der Waals surface area (Å²) >= 11 is 0. The summed E-state index contributed by atoms with van der Waals surface area (Å²) in [5.74, 6) is -0.0602. The van der Waals surface area contributed by atoms with Crippen LogP contribution in [0.2, 0.25) is 0 Å². The van der Waals surface area contributed by atoms with Gasteiger partial charge in [0.15, 0.2) is 0 Å². The minimum Gasteiger partial charge on any atom is -0.491 e. The van der Waals surface area contributed by atoms with Crippen molar-refractivity contribution in [1.82, 2.24) is 5.32 Å². The normalized spacial score (nSPS) is 14.9. The molecular weight excluding hydrogens is 371 g/mol. The molecule has 1 aliphatic rings. The fourth-order valence-electron chi connectivity index (χ4n) is 3.18. The molecular formula is C21H22F3NO3. The highest BCUT2D eigenvalue weighted by atomic mass is 19.4. The largest absolute Gasteiger partial charge is 0.491 e. The quantitative estimate of drug-likeness (QED) is 0.786. The van der Waals surface area contributed by atoms with Crippen LogP contribution in [-0.4, -0.2) is 30.3 Å². The number of amides is 1. The number of ether oxygens (including phenoxy) is 1. The smallest absolute Gasteiger partial charge is 0.416 e. The van der Waals surface area contributed by atoms with E-state index in [4.69, 9.17) is 4.74 Å². The number of benzene rings is 2. The molecule has 0 bridgehead atoms. The Balaban J connectivity index is 1.46. The van der Waals surface area contributed by atoms with E-state index in [0.717, 1.165) is 31.4 Å². The molecule has 0 fully saturated rings. The standard InChI is InChI=1S/C21H22F3NO3/c22-21(23,24)17-7-9-19(10-8-17)28-13-18(26)12-25-20(27)16-6-5-14-3-1-2-4-15(14)11-16/h5-11,18,26H,1-4,12-13H2,(H,25,27). The van der Waals surface area contributed by atoms with E-state index in [1.54, 1.807) is 6.07 Å². The average molecular weight is 393 g/mol. The second-order valence-corrected chi connectivity index (χ2v) is 6.89. The van der Waals surface area contributed by atoms with Gasteiger partial charge < -0.3 is 15.2 Å². The second-order valence-electron chi connectivity index (χ2n) is 6.89. The molecule has 2 aromatic rings. The molecule has 3 rings (SSSR count). The van der Waals surface area contributed by atoms with Gasteiger partial charge in [0.25, 0.3) is 5.91 Å². The zero-order valence-electron chi connectivity index (χ0n) is 15.3. The van der Waals surface area contributed by atoms with Crippen LogP contribution in [0.25, 0.3) is 0 Å². The number of hydrogen-bond donors (Lipinski definition) is 2. The number of hydrogen-bond acceptors (Lipinski definition) is 3. The molecule has 28 heavy (non-hydrogen) atoms. The lowest BCUT2D eigenvalue weighted by Crippen LogP contribution is -2.35. The van der Waals surface area contributed by atoms with E-state index in [9.17, 15) is 23.1 Å². The van der Waals surface area contributed by atoms with Crippen molar-refractivity contribution in [3.8, 4) is 5.75 Å². The van der Waals surface area contributed by atoms with Crippen LogP contribution in [0.3, 0.4) is 0 Å². The number of carbonyl (C=O) groups is 1. The molecule has 150 valence electrons. The first-order chi connectivity index (χ1) is 13.3. The van der Waals surface area contributed by atoms with Crippen molar-refractivity contribution in [2.45, 2.75) is 38.0 Å². The van der Waals surface area contributed by atoms with Crippen molar-refractivity contribution in [2.75, 3.05) is 13.2 Å². The molecule has 0 aromatic heterocycles. The molecule has 1 atom stereocenters. The SMILES string of the molecule is O=C(NCC(O)COc1ccc(C(F)(F)F)cc1)c1ccc2c(c1)CCCC2. The number of carbonyl (C=O) groups excluding carboxylic acids is 1. The van der Waals surface area contributed by atoms with E-state index in [-0.39, 0.29) is 24.8 Å². The third-order valence-electron chi connectivity index (χ3n) is 4.73. The number of rotatable bonds is 6. The summed E-state index contributed by atoms with van der Waals surface area (Å²) in [4.78, 5) is 12.3. The van der Waals surface area contributed by atoms with Crippen molar-refractivity contribution in [3.05, 3.63) is 64.7 Å². The van der Waals surface area contributed by atoms with E-state index in [1.807, 2.05) is 12.1 Å². The first kappa shape index (κ1) is 20.2. The van der Waals surface area contributed by atoms with Gasteiger partial charge in [-0.1, -0.05) is 6.07 Å². The Morgan fingerprint density at radius 3 is 2.43 bits per heavy atom. The summed E-state index contributed by atoms with van der Waals surface area (Å²) < 4.78 is 42.8. The third kappa shape index (κ3) is 5.25. The highest BCUT2D eigenvalue weighted by Crippen LogP contribution is 2.30. The van der Waals surface area contributed by atoms with E-state index >= 15 is 0 Å². The maximum atomic E-state index is 12.5. The van der Waals surface area contributed by atoms with Gasteiger partial charge in [0.1, 0.15) is 18.5 Å². The van der Waals surface area contributed by atoms with E-state index in [1.165, 1.54) is 29.7 Å². The number of halogens is 3. The third-order valence-corrected chi connectivity index (χ3v) is 4.73. The van der Waals surface area contributed by atoms with Gasteiger partial charge in [-0.25, -0.2) is 0 Å². The minimum atomic E-state index is -4.40. The van der Waals surface area contributed by atoms with Gasteiger partial charge in [-0.15, -0.1) is 0 Å². The van der Waals surface area contributed by atoms with Crippen LogP contribution in [-0.2, 0) is 19.0 Å². The summed E-state index contributed by atoms with van der Waals surface area (Å²) in [6, 6.07) is 9.88. The summed E-state index contributed by atoms with van der Waals surface area (Å²) in [6.07, 6.45) is -1.08. The molecule has 0 radical (unpaired) electrons. The maximum absolute atomic E-state index is 12.5. The van der Waals surface area contributed by atoms with E-state index in [2.05, 4.69) is 5.32 Å². The lowest BCUT2D eigenvalue weighted by atomic mass is 9.90. The number of aliphatic hydroxyl groups excluding tert-OH is 1. The van der Waals surface area contributed by atoms with Gasteiger partial charge in [-0.3, -0.25) is 4.79 Å². The van der Waals surface area contributed by atoms with Crippen molar-refractivity contribution in [2.24, 2.45) is 0 Å². The van der Waals surface area contributed by atoms with Crippen LogP contribution in [0.4, 0.5) is 13.2 Å². The Hall–Kier alpha value is -2.54. The highest BCUT2D eigenvalue weighted by Gasteiger charge is 2.30. The maximum Gasteiger partial charge on any atom is 0.416 e. The van der Waals surface area contributed by atoms with Gasteiger partial charge in [-0.05, 0) is 73.2 Å². The van der Waals surface area contributed by atoms with Crippen LogP contribution < -0.4 is 10.1 Å². The molecule has 0 saturated carbocycles. The molecule has 1 aliphatic carbocycles. The molecule has 0 aliphatic heterocycles. The molecule has 2 aromatic carbocycles. The fraction of sp³-hybridized carbons (Fsp3) is 0.381. The van der Waals surface area contributed by atoms with Crippen molar-refractivity contribution < 1.29 is 27.8 Å². The first-order valence-electron chi connectivity index (χ1n) is 9.21. The Morgan fingerprint density at radius 2 is 1.75 bits per heavy atom. The molecule has 1 unspecified atom stereocenters. The summed E-state index contributed by atoms with van der Waals surface area (Å²) in [7, 11) is 0. The summed E-state index contributed by atoms with van der Waals surface area (Å²) in [6.45, 7) is -0.160. The van der Waals surface area contributed by atoms with Gasteiger partial charge in [0, 0.05) is 12.1 Å². The topological polar surface area (TPSA) is 58.6 Å². The van der Waals surface area contributed by atoms with Gasteiger partial charge in [0.05, 0.1) is 5.56 Å². The minimum absolute atomic E-state index is 0.0173. The summed E-state index contributed by atoms with van der Waals surface area (Å²) in [5, 5.41) is 12.6. The Morgan fingerprint density at radius 1 is 1.07 bits per heavy atom. The number of aryl methyl sites for hydroxylation is 2. The zero-order valence-corrected chi connectivity index (χ0v) is 15.3. The molecule has 0 spiro atoms. The van der Waals surface area contributed by atoms with Crippen molar-refractivity contribution in [3.63, 3.8) is 0 Å². The number of aliphatic hydroxyl groups is 1. The van der Waals surface area contributed by atoms with Crippen molar-refractivity contribution >= 4 is 5.91 Å². The Labute approximate surface area is 161 Å². The number of nitrogens with one attached hydrogen (secondary N) is 1. The molecule has 4 nitrogen and oxygen atoms in total. The zero-order chi connectivity index (χ0) is 20.1. The average Bonchev–Trinajstić information content (AvgIpc) is 2.69. The lowest BCUT2D eigenvalue weighted by molar-refractivity contribution is -0.137. The second kappa shape index (κ2) is 8.65. The van der Waals surface area contributed by atoms with E-state index in [0.29, 0.717) is 5.56 Å². The number of fused-ring (bicyclic) bond motifs is 1. The van der Waals surface area contributed by atoms with E-state index < -0.39 is 17.8 Å². The van der Waals surface area contributed by atoms with Crippen LogP contribution in [0, 0.1) is 0 Å². The monoisotopic (exact) mass is 393 g/mol. The molecule has 2 N–H and O–H groups in total. The van der Waals surface area contributed by atoms with Crippen LogP contribution in [0.15, 0.2) is 42.5 Å².